The van der Waals surface area contributed by atoms with Crippen molar-refractivity contribution < 1.29 is 9.53 Å². The Morgan fingerprint density at radius 2 is 1.94 bits per heavy atom. The monoisotopic (exact) mass is 264 g/mol. The zero-order valence-electron chi connectivity index (χ0n) is 10.9. The van der Waals surface area contributed by atoms with Crippen LogP contribution >= 0.6 is 11.8 Å². The molecule has 0 atom stereocenters. The molecule has 0 radical (unpaired) electrons. The van der Waals surface area contributed by atoms with E-state index in [1.165, 1.54) is 4.90 Å². The van der Waals surface area contributed by atoms with Crippen molar-refractivity contribution in [1.29, 1.82) is 0 Å². The normalized spacial score (nSPS) is 16.7. The van der Waals surface area contributed by atoms with E-state index in [0.717, 1.165) is 37.4 Å². The first-order valence-electron chi connectivity index (χ1n) is 6.63. The third-order valence-electron chi connectivity index (χ3n) is 3.30. The van der Waals surface area contributed by atoms with Crippen LogP contribution in [0.2, 0.25) is 0 Å². The summed E-state index contributed by atoms with van der Waals surface area (Å²) >= 11 is 1.80. The molecule has 0 bridgehead atoms. The van der Waals surface area contributed by atoms with Crippen molar-refractivity contribution in [2.75, 3.05) is 19.0 Å². The van der Waals surface area contributed by atoms with E-state index in [4.69, 9.17) is 4.74 Å². The molecule has 0 unspecified atom stereocenters. The SMILES string of the molecule is CCSc1ccc(C(=O)CC2CCOCC2)cc1. The summed E-state index contributed by atoms with van der Waals surface area (Å²) in [7, 11) is 0. The summed E-state index contributed by atoms with van der Waals surface area (Å²) in [5.41, 5.74) is 0.849. The quantitative estimate of drug-likeness (QED) is 0.598. The van der Waals surface area contributed by atoms with Crippen LogP contribution in [0.3, 0.4) is 0 Å². The van der Waals surface area contributed by atoms with Crippen LogP contribution in [0.5, 0.6) is 0 Å². The van der Waals surface area contributed by atoms with Gasteiger partial charge >= 0.3 is 0 Å². The average molecular weight is 264 g/mol. The fourth-order valence-electron chi connectivity index (χ4n) is 2.23. The highest BCUT2D eigenvalue weighted by atomic mass is 32.2. The van der Waals surface area contributed by atoms with Crippen molar-refractivity contribution in [3.05, 3.63) is 29.8 Å². The maximum Gasteiger partial charge on any atom is 0.163 e. The highest BCUT2D eigenvalue weighted by molar-refractivity contribution is 7.99. The minimum atomic E-state index is 0.273. The molecular formula is C15H20O2S. The smallest absolute Gasteiger partial charge is 0.163 e. The van der Waals surface area contributed by atoms with E-state index in [9.17, 15) is 4.79 Å². The Hall–Kier alpha value is -0.800. The van der Waals surface area contributed by atoms with Crippen LogP contribution in [0.15, 0.2) is 29.2 Å². The Bertz CT molecular complexity index is 380. The molecule has 2 rings (SSSR count). The number of hydrogen-bond donors (Lipinski definition) is 0. The third kappa shape index (κ3) is 3.85. The van der Waals surface area contributed by atoms with Crippen molar-refractivity contribution in [2.45, 2.75) is 31.1 Å². The molecule has 0 saturated carbocycles. The van der Waals surface area contributed by atoms with Crippen LogP contribution in [0, 0.1) is 5.92 Å². The molecule has 2 nitrogen and oxygen atoms in total. The fraction of sp³-hybridized carbons (Fsp3) is 0.533. The van der Waals surface area contributed by atoms with Gasteiger partial charge in [0.2, 0.25) is 0 Å². The van der Waals surface area contributed by atoms with Crippen LogP contribution in [-0.4, -0.2) is 24.7 Å². The third-order valence-corrected chi connectivity index (χ3v) is 4.20. The first kappa shape index (κ1) is 13.6. The number of hydrogen-bond acceptors (Lipinski definition) is 3. The maximum absolute atomic E-state index is 12.1. The molecule has 1 fully saturated rings. The Balaban J connectivity index is 1.91. The molecule has 0 aliphatic carbocycles. The van der Waals surface area contributed by atoms with Crippen LogP contribution in [0.25, 0.3) is 0 Å². The molecule has 0 N–H and O–H groups in total. The topological polar surface area (TPSA) is 26.3 Å². The number of Topliss-reactive ketones (excluding diaryl/α,β-unsaturated/α-hetero) is 1. The molecular weight excluding hydrogens is 244 g/mol. The average Bonchev–Trinajstić information content (AvgIpc) is 2.41. The standard InChI is InChI=1S/C15H20O2S/c1-2-18-14-5-3-13(4-6-14)15(16)11-12-7-9-17-10-8-12/h3-6,12H,2,7-11H2,1H3. The Morgan fingerprint density at radius 3 is 2.56 bits per heavy atom. The lowest BCUT2D eigenvalue weighted by Crippen LogP contribution is -2.18. The summed E-state index contributed by atoms with van der Waals surface area (Å²) in [5, 5.41) is 0. The van der Waals surface area contributed by atoms with Gasteiger partial charge in [0.1, 0.15) is 0 Å². The molecule has 18 heavy (non-hydrogen) atoms. The van der Waals surface area contributed by atoms with E-state index in [1.54, 1.807) is 11.8 Å². The second-order valence-corrected chi connectivity index (χ2v) is 5.98. The van der Waals surface area contributed by atoms with Crippen molar-refractivity contribution in [1.82, 2.24) is 0 Å². The minimum Gasteiger partial charge on any atom is -0.381 e. The van der Waals surface area contributed by atoms with Crippen molar-refractivity contribution in [3.63, 3.8) is 0 Å². The van der Waals surface area contributed by atoms with E-state index >= 15 is 0 Å². The van der Waals surface area contributed by atoms with Gasteiger partial charge in [0.05, 0.1) is 0 Å². The van der Waals surface area contributed by atoms with Gasteiger partial charge in [-0.25, -0.2) is 0 Å². The Morgan fingerprint density at radius 1 is 1.28 bits per heavy atom. The summed E-state index contributed by atoms with van der Waals surface area (Å²) in [5.74, 6) is 1.85. The van der Waals surface area contributed by atoms with Crippen LogP contribution in [0.1, 0.15) is 36.5 Å². The second-order valence-electron chi connectivity index (χ2n) is 4.64. The van der Waals surface area contributed by atoms with Gasteiger partial charge in [0.15, 0.2) is 5.78 Å². The van der Waals surface area contributed by atoms with Crippen LogP contribution in [-0.2, 0) is 4.74 Å². The van der Waals surface area contributed by atoms with Gasteiger partial charge in [-0.1, -0.05) is 19.1 Å². The lowest BCUT2D eigenvalue weighted by molar-refractivity contribution is 0.0601. The number of benzene rings is 1. The van der Waals surface area contributed by atoms with Crippen molar-refractivity contribution >= 4 is 17.5 Å². The number of carbonyl (C=O) groups is 1. The molecule has 98 valence electrons. The van der Waals surface area contributed by atoms with Gasteiger partial charge in [-0.2, -0.15) is 0 Å². The highest BCUT2D eigenvalue weighted by Gasteiger charge is 2.18. The minimum absolute atomic E-state index is 0.273. The van der Waals surface area contributed by atoms with E-state index in [-0.39, 0.29) is 5.78 Å². The van der Waals surface area contributed by atoms with Gasteiger partial charge in [0, 0.05) is 30.1 Å². The Kier molecular flexibility index (Phi) is 5.26. The molecule has 0 aromatic heterocycles. The largest absolute Gasteiger partial charge is 0.381 e. The van der Waals surface area contributed by atoms with Gasteiger partial charge in [-0.05, 0) is 36.6 Å². The molecule has 1 saturated heterocycles. The summed E-state index contributed by atoms with van der Waals surface area (Å²) < 4.78 is 5.32. The zero-order valence-corrected chi connectivity index (χ0v) is 11.7. The van der Waals surface area contributed by atoms with E-state index in [0.29, 0.717) is 12.3 Å². The number of ketones is 1. The van der Waals surface area contributed by atoms with Crippen molar-refractivity contribution in [2.24, 2.45) is 5.92 Å². The highest BCUT2D eigenvalue weighted by Crippen LogP contribution is 2.22. The number of rotatable bonds is 5. The first-order valence-corrected chi connectivity index (χ1v) is 7.62. The lowest BCUT2D eigenvalue weighted by atomic mass is 9.92. The summed E-state index contributed by atoms with van der Waals surface area (Å²) in [6.45, 7) is 3.75. The Labute approximate surface area is 113 Å². The summed E-state index contributed by atoms with van der Waals surface area (Å²) in [6, 6.07) is 8.01. The molecule has 3 heteroatoms. The zero-order chi connectivity index (χ0) is 12.8. The van der Waals surface area contributed by atoms with Gasteiger partial charge in [0.25, 0.3) is 0 Å². The number of carbonyl (C=O) groups excluding carboxylic acids is 1. The predicted octanol–water partition coefficient (Wildman–Crippen LogP) is 3.80. The number of ether oxygens (including phenoxy) is 1. The molecule has 1 aliphatic heterocycles. The predicted molar refractivity (Wildman–Crippen MR) is 75.3 cm³/mol. The summed E-state index contributed by atoms with van der Waals surface area (Å²) in [6.07, 6.45) is 2.72. The number of thioether (sulfide) groups is 1. The van der Waals surface area contributed by atoms with E-state index in [1.807, 2.05) is 24.3 Å². The molecule has 1 aliphatic rings. The van der Waals surface area contributed by atoms with Crippen LogP contribution < -0.4 is 0 Å². The molecule has 0 amide bonds. The molecule has 1 heterocycles. The fourth-order valence-corrected chi connectivity index (χ4v) is 2.90. The van der Waals surface area contributed by atoms with Gasteiger partial charge in [-0.15, -0.1) is 11.8 Å². The second kappa shape index (κ2) is 6.95. The molecule has 1 aromatic rings. The molecule has 0 spiro atoms. The molecule has 1 aromatic carbocycles. The maximum atomic E-state index is 12.1. The first-order chi connectivity index (χ1) is 8.79. The van der Waals surface area contributed by atoms with Gasteiger partial charge < -0.3 is 4.74 Å². The van der Waals surface area contributed by atoms with Crippen molar-refractivity contribution in [3.8, 4) is 0 Å². The lowest BCUT2D eigenvalue weighted by Gasteiger charge is -2.21. The van der Waals surface area contributed by atoms with E-state index in [2.05, 4.69) is 6.92 Å². The summed E-state index contributed by atoms with van der Waals surface area (Å²) in [4.78, 5) is 13.4. The van der Waals surface area contributed by atoms with E-state index < -0.39 is 0 Å². The van der Waals surface area contributed by atoms with Crippen LogP contribution in [0.4, 0.5) is 0 Å². The van der Waals surface area contributed by atoms with Gasteiger partial charge in [-0.3, -0.25) is 4.79 Å².